The predicted octanol–water partition coefficient (Wildman–Crippen LogP) is 12.8. The largest absolute Gasteiger partial charge is 0.456 e. The molecule has 0 aliphatic carbocycles. The molecule has 0 unspecified atom stereocenters. The van der Waals surface area contributed by atoms with Crippen LogP contribution in [0.4, 0.5) is 0 Å². The van der Waals surface area contributed by atoms with Crippen LogP contribution >= 0.6 is 0 Å². The van der Waals surface area contributed by atoms with Gasteiger partial charge in [0.2, 0.25) is 0 Å². The average molecular weight is 587 g/mol. The predicted molar refractivity (Wildman–Crippen MR) is 192 cm³/mol. The molecule has 2 heteroatoms. The fraction of sp³-hybridized carbons (Fsp3) is 0. The molecule has 2 nitrogen and oxygen atoms in total. The van der Waals surface area contributed by atoms with Crippen LogP contribution in [0.2, 0.25) is 0 Å². The first-order valence-corrected chi connectivity index (χ1v) is 15.7. The summed E-state index contributed by atoms with van der Waals surface area (Å²) in [5.74, 6) is 0. The Morgan fingerprint density at radius 2 is 0.652 bits per heavy atom. The van der Waals surface area contributed by atoms with Gasteiger partial charge < -0.3 is 8.83 Å². The zero-order valence-corrected chi connectivity index (χ0v) is 24.8. The van der Waals surface area contributed by atoms with Gasteiger partial charge in [0.05, 0.1) is 0 Å². The summed E-state index contributed by atoms with van der Waals surface area (Å²) < 4.78 is 12.6. The van der Waals surface area contributed by atoms with Crippen molar-refractivity contribution in [1.82, 2.24) is 0 Å². The Morgan fingerprint density at radius 3 is 1.24 bits per heavy atom. The minimum Gasteiger partial charge on any atom is -0.456 e. The lowest BCUT2D eigenvalue weighted by Crippen LogP contribution is -1.87. The molecule has 214 valence electrons. The Labute approximate surface area is 264 Å². The summed E-state index contributed by atoms with van der Waals surface area (Å²) in [6.07, 6.45) is 0. The fourth-order valence-corrected chi connectivity index (χ4v) is 7.12. The van der Waals surface area contributed by atoms with E-state index in [4.69, 9.17) is 8.83 Å². The lowest BCUT2D eigenvalue weighted by molar-refractivity contribution is 0.668. The minimum absolute atomic E-state index is 0.895. The maximum atomic E-state index is 6.30. The van der Waals surface area contributed by atoms with E-state index in [0.717, 1.165) is 71.7 Å². The van der Waals surface area contributed by atoms with Crippen LogP contribution in [-0.4, -0.2) is 0 Å². The molecular weight excluding hydrogens is 560 g/mol. The van der Waals surface area contributed by atoms with Gasteiger partial charge in [0, 0.05) is 21.5 Å². The second-order valence-electron chi connectivity index (χ2n) is 12.1. The van der Waals surface area contributed by atoms with Crippen LogP contribution in [0.25, 0.3) is 98.8 Å². The van der Waals surface area contributed by atoms with E-state index in [9.17, 15) is 0 Å². The van der Waals surface area contributed by atoms with E-state index in [0.29, 0.717) is 0 Å². The third-order valence-electron chi connectivity index (χ3n) is 9.44. The van der Waals surface area contributed by atoms with Gasteiger partial charge in [-0.25, -0.2) is 0 Å². The monoisotopic (exact) mass is 586 g/mol. The molecule has 0 aliphatic heterocycles. The highest BCUT2D eigenvalue weighted by atomic mass is 16.3. The van der Waals surface area contributed by atoms with Crippen molar-refractivity contribution in [2.45, 2.75) is 0 Å². The second-order valence-corrected chi connectivity index (χ2v) is 12.1. The number of hydrogen-bond acceptors (Lipinski definition) is 2. The van der Waals surface area contributed by atoms with E-state index in [1.165, 1.54) is 27.1 Å². The molecule has 0 spiro atoms. The first-order chi connectivity index (χ1) is 22.7. The highest BCUT2D eigenvalue weighted by molar-refractivity contribution is 6.10. The third-order valence-corrected chi connectivity index (χ3v) is 9.44. The third kappa shape index (κ3) is 3.90. The molecule has 2 heterocycles. The van der Waals surface area contributed by atoms with Crippen molar-refractivity contribution in [3.63, 3.8) is 0 Å². The van der Waals surface area contributed by atoms with E-state index < -0.39 is 0 Å². The van der Waals surface area contributed by atoms with Crippen LogP contribution in [0, 0.1) is 0 Å². The van der Waals surface area contributed by atoms with Gasteiger partial charge in [-0.2, -0.15) is 0 Å². The van der Waals surface area contributed by atoms with Gasteiger partial charge in [0.1, 0.15) is 22.3 Å². The Hall–Kier alpha value is -6.12. The summed E-state index contributed by atoms with van der Waals surface area (Å²) in [5.41, 5.74) is 10.5. The number of hydrogen-bond donors (Lipinski definition) is 0. The molecule has 10 aromatic rings. The standard InChI is InChI=1S/C44H26O2/c1-2-8-35-27(7-1)13-14-28-15-16-29(24-40(28)35)32-21-33(30-17-19-38-36-9-3-5-11-41(36)45-43(38)25-30)23-34(22-32)31-18-20-39-37-10-4-6-12-42(37)46-44(39)26-31/h1-26H. The van der Waals surface area contributed by atoms with Crippen LogP contribution < -0.4 is 0 Å². The zero-order valence-electron chi connectivity index (χ0n) is 24.8. The zero-order chi connectivity index (χ0) is 30.2. The highest BCUT2D eigenvalue weighted by Crippen LogP contribution is 2.39. The lowest BCUT2D eigenvalue weighted by Gasteiger charge is -2.13. The summed E-state index contributed by atoms with van der Waals surface area (Å²) in [6, 6.07) is 56.4. The topological polar surface area (TPSA) is 26.3 Å². The molecular formula is C44H26O2. The summed E-state index contributed by atoms with van der Waals surface area (Å²) in [6.45, 7) is 0. The van der Waals surface area contributed by atoms with Gasteiger partial charge in [0.15, 0.2) is 0 Å². The van der Waals surface area contributed by atoms with E-state index in [-0.39, 0.29) is 0 Å². The van der Waals surface area contributed by atoms with Crippen molar-refractivity contribution >= 4 is 65.4 Å². The van der Waals surface area contributed by atoms with Gasteiger partial charge in [-0.15, -0.1) is 0 Å². The van der Waals surface area contributed by atoms with Crippen molar-refractivity contribution in [2.75, 3.05) is 0 Å². The highest BCUT2D eigenvalue weighted by Gasteiger charge is 2.14. The van der Waals surface area contributed by atoms with Crippen molar-refractivity contribution in [1.29, 1.82) is 0 Å². The molecule has 46 heavy (non-hydrogen) atoms. The SMILES string of the molecule is c1ccc2c(c1)ccc1ccc(-c3cc(-c4ccc5c(c4)oc4ccccc45)cc(-c4ccc5c(c4)oc4ccccc45)c3)cc12. The van der Waals surface area contributed by atoms with Gasteiger partial charge in [-0.05, 0) is 116 Å². The Balaban J connectivity index is 1.20. The van der Waals surface area contributed by atoms with E-state index in [1.807, 2.05) is 24.3 Å². The van der Waals surface area contributed by atoms with Crippen molar-refractivity contribution in [3.05, 3.63) is 158 Å². The van der Waals surface area contributed by atoms with E-state index in [1.54, 1.807) is 0 Å². The Morgan fingerprint density at radius 1 is 0.239 bits per heavy atom. The molecule has 8 aromatic carbocycles. The van der Waals surface area contributed by atoms with Gasteiger partial charge in [0.25, 0.3) is 0 Å². The van der Waals surface area contributed by atoms with Crippen LogP contribution in [0.3, 0.4) is 0 Å². The molecule has 0 atom stereocenters. The molecule has 0 saturated carbocycles. The summed E-state index contributed by atoms with van der Waals surface area (Å²) in [7, 11) is 0. The fourth-order valence-electron chi connectivity index (χ4n) is 7.12. The molecule has 10 rings (SSSR count). The maximum absolute atomic E-state index is 6.30. The number of rotatable bonds is 3. The molecule has 0 aliphatic rings. The number of benzene rings is 8. The van der Waals surface area contributed by atoms with E-state index in [2.05, 4.69) is 133 Å². The molecule has 0 bridgehead atoms. The molecule has 0 radical (unpaired) electrons. The normalized spacial score (nSPS) is 11.9. The van der Waals surface area contributed by atoms with Gasteiger partial charge in [-0.3, -0.25) is 0 Å². The van der Waals surface area contributed by atoms with E-state index >= 15 is 0 Å². The summed E-state index contributed by atoms with van der Waals surface area (Å²) >= 11 is 0. The first-order valence-electron chi connectivity index (χ1n) is 15.7. The lowest BCUT2D eigenvalue weighted by atomic mass is 9.91. The molecule has 2 aromatic heterocycles. The maximum Gasteiger partial charge on any atom is 0.136 e. The van der Waals surface area contributed by atoms with Crippen LogP contribution in [0.5, 0.6) is 0 Å². The Bertz CT molecular complexity index is 2680. The molecule has 0 saturated heterocycles. The number of para-hydroxylation sites is 2. The molecule has 0 amide bonds. The molecule has 0 N–H and O–H groups in total. The van der Waals surface area contributed by atoms with Crippen LogP contribution in [0.15, 0.2) is 167 Å². The summed E-state index contributed by atoms with van der Waals surface area (Å²) in [4.78, 5) is 0. The minimum atomic E-state index is 0.895. The van der Waals surface area contributed by atoms with Crippen LogP contribution in [0.1, 0.15) is 0 Å². The number of fused-ring (bicyclic) bond motifs is 9. The van der Waals surface area contributed by atoms with Gasteiger partial charge >= 0.3 is 0 Å². The quantitative estimate of drug-likeness (QED) is 0.193. The van der Waals surface area contributed by atoms with Crippen molar-refractivity contribution in [2.24, 2.45) is 0 Å². The van der Waals surface area contributed by atoms with Crippen molar-refractivity contribution in [3.8, 4) is 33.4 Å². The first kappa shape index (κ1) is 25.2. The van der Waals surface area contributed by atoms with Crippen molar-refractivity contribution < 1.29 is 8.83 Å². The Kier molecular flexibility index (Phi) is 5.31. The van der Waals surface area contributed by atoms with Crippen LogP contribution in [-0.2, 0) is 0 Å². The van der Waals surface area contributed by atoms with Gasteiger partial charge in [-0.1, -0.05) is 97.1 Å². The number of furan rings is 2. The summed E-state index contributed by atoms with van der Waals surface area (Å²) in [5, 5.41) is 9.56. The second kappa shape index (κ2) is 9.69. The molecule has 0 fully saturated rings. The average Bonchev–Trinajstić information content (AvgIpc) is 3.68. The smallest absolute Gasteiger partial charge is 0.136 e.